The van der Waals surface area contributed by atoms with E-state index in [2.05, 4.69) is 76.8 Å². The van der Waals surface area contributed by atoms with Crippen molar-refractivity contribution in [2.75, 3.05) is 0 Å². The maximum absolute atomic E-state index is 5.63. The zero-order valence-corrected chi connectivity index (χ0v) is 15.6. The van der Waals surface area contributed by atoms with Gasteiger partial charge in [0.25, 0.3) is 0 Å². The average molecular weight is 314 g/mol. The SMILES string of the molecule is CC(C)c1cc(C(C)CC(C)(C)c2cc(C(C)C)no2)ccn1. The maximum atomic E-state index is 5.63. The van der Waals surface area contributed by atoms with Gasteiger partial charge in [0.2, 0.25) is 0 Å². The van der Waals surface area contributed by atoms with Crippen LogP contribution in [0.5, 0.6) is 0 Å². The van der Waals surface area contributed by atoms with E-state index in [0.717, 1.165) is 23.6 Å². The van der Waals surface area contributed by atoms with Crippen molar-refractivity contribution in [2.24, 2.45) is 0 Å². The number of aromatic nitrogens is 2. The molecule has 3 heteroatoms. The van der Waals surface area contributed by atoms with Crippen LogP contribution in [0.15, 0.2) is 28.9 Å². The van der Waals surface area contributed by atoms with Gasteiger partial charge in [0.15, 0.2) is 0 Å². The molecular weight excluding hydrogens is 284 g/mol. The van der Waals surface area contributed by atoms with E-state index in [4.69, 9.17) is 4.52 Å². The van der Waals surface area contributed by atoms with Gasteiger partial charge in [0.1, 0.15) is 5.76 Å². The zero-order valence-electron chi connectivity index (χ0n) is 15.6. The van der Waals surface area contributed by atoms with Crippen molar-refractivity contribution in [1.82, 2.24) is 10.1 Å². The van der Waals surface area contributed by atoms with E-state index in [1.54, 1.807) is 0 Å². The normalized spacial score (nSPS) is 13.8. The first kappa shape index (κ1) is 17.7. The largest absolute Gasteiger partial charge is 0.361 e. The van der Waals surface area contributed by atoms with Crippen molar-refractivity contribution in [3.63, 3.8) is 0 Å². The van der Waals surface area contributed by atoms with Gasteiger partial charge < -0.3 is 4.52 Å². The van der Waals surface area contributed by atoms with Crippen molar-refractivity contribution in [3.8, 4) is 0 Å². The fourth-order valence-corrected chi connectivity index (χ4v) is 2.95. The summed E-state index contributed by atoms with van der Waals surface area (Å²) in [5, 5.41) is 4.21. The van der Waals surface area contributed by atoms with Crippen LogP contribution < -0.4 is 0 Å². The van der Waals surface area contributed by atoms with E-state index in [-0.39, 0.29) is 5.41 Å². The van der Waals surface area contributed by atoms with Gasteiger partial charge >= 0.3 is 0 Å². The molecule has 0 aliphatic rings. The highest BCUT2D eigenvalue weighted by Crippen LogP contribution is 2.36. The molecule has 0 fully saturated rings. The molecule has 1 unspecified atom stereocenters. The van der Waals surface area contributed by atoms with E-state index < -0.39 is 0 Å². The zero-order chi connectivity index (χ0) is 17.2. The minimum Gasteiger partial charge on any atom is -0.361 e. The third kappa shape index (κ3) is 4.21. The first-order chi connectivity index (χ1) is 10.7. The van der Waals surface area contributed by atoms with Crippen LogP contribution in [0.4, 0.5) is 0 Å². The summed E-state index contributed by atoms with van der Waals surface area (Å²) in [6.07, 6.45) is 2.95. The van der Waals surface area contributed by atoms with Crippen LogP contribution in [0.25, 0.3) is 0 Å². The molecule has 0 saturated heterocycles. The molecule has 0 N–H and O–H groups in total. The Bertz CT molecular complexity index is 641. The smallest absolute Gasteiger partial charge is 0.142 e. The Morgan fingerprint density at radius 3 is 2.22 bits per heavy atom. The third-order valence-electron chi connectivity index (χ3n) is 4.57. The summed E-state index contributed by atoms with van der Waals surface area (Å²) in [5.74, 6) is 2.27. The molecule has 2 aromatic heterocycles. The van der Waals surface area contributed by atoms with E-state index in [1.807, 2.05) is 6.20 Å². The molecule has 0 aliphatic carbocycles. The van der Waals surface area contributed by atoms with Gasteiger partial charge in [-0.05, 0) is 41.9 Å². The second-order valence-corrected chi connectivity index (χ2v) is 7.93. The van der Waals surface area contributed by atoms with Crippen LogP contribution >= 0.6 is 0 Å². The molecule has 0 amide bonds. The van der Waals surface area contributed by atoms with Crippen LogP contribution in [-0.4, -0.2) is 10.1 Å². The lowest BCUT2D eigenvalue weighted by atomic mass is 9.78. The Morgan fingerprint density at radius 1 is 1.00 bits per heavy atom. The van der Waals surface area contributed by atoms with Gasteiger partial charge in [-0.3, -0.25) is 4.98 Å². The second kappa shape index (κ2) is 6.86. The quantitative estimate of drug-likeness (QED) is 0.677. The molecule has 0 saturated carbocycles. The fraction of sp³-hybridized carbons (Fsp3) is 0.600. The van der Waals surface area contributed by atoms with E-state index in [9.17, 15) is 0 Å². The van der Waals surface area contributed by atoms with Crippen molar-refractivity contribution >= 4 is 0 Å². The number of nitrogens with zero attached hydrogens (tertiary/aromatic N) is 2. The molecule has 0 spiro atoms. The Hall–Kier alpha value is -1.64. The molecule has 0 bridgehead atoms. The summed E-state index contributed by atoms with van der Waals surface area (Å²) in [4.78, 5) is 4.47. The van der Waals surface area contributed by atoms with Gasteiger partial charge in [0.05, 0.1) is 5.69 Å². The molecule has 0 aliphatic heterocycles. The third-order valence-corrected chi connectivity index (χ3v) is 4.57. The topological polar surface area (TPSA) is 38.9 Å². The molecular formula is C20H30N2O. The lowest BCUT2D eigenvalue weighted by molar-refractivity contribution is 0.292. The van der Waals surface area contributed by atoms with Crippen molar-refractivity contribution in [1.29, 1.82) is 0 Å². The van der Waals surface area contributed by atoms with Crippen molar-refractivity contribution < 1.29 is 4.52 Å². The molecule has 126 valence electrons. The summed E-state index contributed by atoms with van der Waals surface area (Å²) < 4.78 is 5.63. The Kier molecular flexibility index (Phi) is 5.28. The summed E-state index contributed by atoms with van der Waals surface area (Å²) >= 11 is 0. The lowest BCUT2D eigenvalue weighted by Crippen LogP contribution is -2.19. The Morgan fingerprint density at radius 2 is 1.65 bits per heavy atom. The Labute approximate surface area is 140 Å². The summed E-state index contributed by atoms with van der Waals surface area (Å²) in [6.45, 7) is 15.4. The number of rotatable bonds is 6. The van der Waals surface area contributed by atoms with Crippen LogP contribution in [0.3, 0.4) is 0 Å². The van der Waals surface area contributed by atoms with Gasteiger partial charge in [-0.25, -0.2) is 0 Å². The standard InChI is InChI=1S/C20H30N2O/c1-13(2)17-10-16(8-9-21-17)15(5)12-20(6,7)19-11-18(14(3)4)22-23-19/h8-11,13-15H,12H2,1-7H3. The molecule has 1 atom stereocenters. The van der Waals surface area contributed by atoms with Crippen LogP contribution in [0, 0.1) is 0 Å². The number of pyridine rings is 1. The number of hydrogen-bond acceptors (Lipinski definition) is 3. The van der Waals surface area contributed by atoms with Crippen LogP contribution in [0.2, 0.25) is 0 Å². The fourth-order valence-electron chi connectivity index (χ4n) is 2.95. The van der Waals surface area contributed by atoms with Crippen molar-refractivity contribution in [2.45, 2.75) is 78.1 Å². The van der Waals surface area contributed by atoms with Gasteiger partial charge in [-0.1, -0.05) is 53.6 Å². The maximum Gasteiger partial charge on any atom is 0.142 e. The molecule has 3 nitrogen and oxygen atoms in total. The van der Waals surface area contributed by atoms with E-state index >= 15 is 0 Å². The van der Waals surface area contributed by atoms with E-state index in [1.165, 1.54) is 5.56 Å². The van der Waals surface area contributed by atoms with E-state index in [0.29, 0.717) is 17.8 Å². The predicted molar refractivity (Wildman–Crippen MR) is 95.0 cm³/mol. The Balaban J connectivity index is 2.17. The summed E-state index contributed by atoms with van der Waals surface area (Å²) in [7, 11) is 0. The highest BCUT2D eigenvalue weighted by atomic mass is 16.5. The van der Waals surface area contributed by atoms with Gasteiger partial charge in [-0.15, -0.1) is 0 Å². The van der Waals surface area contributed by atoms with Gasteiger partial charge in [0, 0.05) is 23.4 Å². The minimum absolute atomic E-state index is 0.0409. The van der Waals surface area contributed by atoms with Crippen LogP contribution in [0.1, 0.15) is 95.4 Å². The molecule has 2 heterocycles. The average Bonchev–Trinajstić information content (AvgIpc) is 2.98. The second-order valence-electron chi connectivity index (χ2n) is 7.93. The summed E-state index contributed by atoms with van der Waals surface area (Å²) in [6, 6.07) is 6.49. The molecule has 2 rings (SSSR count). The highest BCUT2D eigenvalue weighted by Gasteiger charge is 2.29. The van der Waals surface area contributed by atoms with Crippen molar-refractivity contribution in [3.05, 3.63) is 47.1 Å². The highest BCUT2D eigenvalue weighted by molar-refractivity contribution is 5.24. The lowest BCUT2D eigenvalue weighted by Gasteiger charge is -2.26. The van der Waals surface area contributed by atoms with Gasteiger partial charge in [-0.2, -0.15) is 0 Å². The first-order valence-corrected chi connectivity index (χ1v) is 8.63. The first-order valence-electron chi connectivity index (χ1n) is 8.63. The predicted octanol–water partition coefficient (Wildman–Crippen LogP) is 5.79. The molecule has 23 heavy (non-hydrogen) atoms. The molecule has 0 aromatic carbocycles. The molecule has 0 radical (unpaired) electrons. The summed E-state index contributed by atoms with van der Waals surface area (Å²) in [5.41, 5.74) is 3.50. The van der Waals surface area contributed by atoms with Crippen LogP contribution in [-0.2, 0) is 5.41 Å². The number of hydrogen-bond donors (Lipinski definition) is 0. The minimum atomic E-state index is -0.0409. The monoisotopic (exact) mass is 314 g/mol. The molecule has 2 aromatic rings.